The lowest BCUT2D eigenvalue weighted by molar-refractivity contribution is -0.184. The summed E-state index contributed by atoms with van der Waals surface area (Å²) in [6.45, 7) is 6.85. The predicted molar refractivity (Wildman–Crippen MR) is 88.3 cm³/mol. The van der Waals surface area contributed by atoms with E-state index in [0.717, 1.165) is 50.7 Å². The van der Waals surface area contributed by atoms with Crippen molar-refractivity contribution in [3.8, 4) is 0 Å². The maximum absolute atomic E-state index is 12.6. The summed E-state index contributed by atoms with van der Waals surface area (Å²) in [6, 6.07) is 2.08. The number of rotatable bonds is 1. The van der Waals surface area contributed by atoms with Crippen LogP contribution in [0.1, 0.15) is 70.6 Å². The van der Waals surface area contributed by atoms with Gasteiger partial charge >= 0.3 is 5.97 Å². The van der Waals surface area contributed by atoms with Gasteiger partial charge in [-0.1, -0.05) is 27.2 Å². The maximum atomic E-state index is 12.6. The van der Waals surface area contributed by atoms with E-state index in [1.54, 1.807) is 6.26 Å². The van der Waals surface area contributed by atoms with Crippen LogP contribution < -0.4 is 0 Å². The predicted octanol–water partition coefficient (Wildman–Crippen LogP) is 4.79. The molecule has 0 aromatic carbocycles. The number of carbonyl (C=O) groups is 1. The van der Waals surface area contributed by atoms with Crippen LogP contribution in [0.4, 0.5) is 0 Å². The van der Waals surface area contributed by atoms with Gasteiger partial charge in [0.15, 0.2) is 0 Å². The normalized spacial score (nSPS) is 41.5. The Kier molecular flexibility index (Phi) is 3.09. The van der Waals surface area contributed by atoms with Crippen LogP contribution in [-0.2, 0) is 16.6 Å². The molecule has 0 bridgehead atoms. The minimum atomic E-state index is -0.570. The van der Waals surface area contributed by atoms with Crippen LogP contribution in [-0.4, -0.2) is 11.1 Å². The average Bonchev–Trinajstić information content (AvgIpc) is 2.95. The van der Waals surface area contributed by atoms with Gasteiger partial charge in [-0.2, -0.15) is 0 Å². The molecular formula is C20H28O3. The van der Waals surface area contributed by atoms with Crippen molar-refractivity contribution in [2.45, 2.75) is 71.1 Å². The summed E-state index contributed by atoms with van der Waals surface area (Å²) >= 11 is 0. The second-order valence-corrected chi connectivity index (χ2v) is 9.06. The van der Waals surface area contributed by atoms with Gasteiger partial charge in [-0.15, -0.1) is 0 Å². The van der Waals surface area contributed by atoms with Crippen molar-refractivity contribution < 1.29 is 14.3 Å². The molecule has 3 nitrogen and oxygen atoms in total. The minimum absolute atomic E-state index is 0.112. The Hall–Kier alpha value is -1.25. The van der Waals surface area contributed by atoms with Gasteiger partial charge in [-0.25, -0.2) is 0 Å². The highest BCUT2D eigenvalue weighted by Crippen LogP contribution is 2.67. The molecule has 1 heterocycles. The van der Waals surface area contributed by atoms with Crippen molar-refractivity contribution in [1.82, 2.24) is 0 Å². The van der Waals surface area contributed by atoms with E-state index in [-0.39, 0.29) is 22.7 Å². The zero-order chi connectivity index (χ0) is 16.5. The Morgan fingerprint density at radius 3 is 2.70 bits per heavy atom. The standard InChI is InChI=1S/C20H28O3/c1-18(2)9-4-10-20(17(21)22)14(18)7-11-19(3)15(20)6-5-13-8-12-23-16(13)19/h8,12,14-15H,4-7,9-11H2,1-3H3,(H,21,22)/t14-,15-,19+,20+/m0/s1. The van der Waals surface area contributed by atoms with Crippen LogP contribution in [0.15, 0.2) is 16.7 Å². The number of carboxylic acid groups (broad SMARTS) is 1. The Morgan fingerprint density at radius 2 is 1.96 bits per heavy atom. The van der Waals surface area contributed by atoms with Gasteiger partial charge in [0.05, 0.1) is 11.7 Å². The molecule has 0 aliphatic heterocycles. The van der Waals surface area contributed by atoms with Crippen LogP contribution in [0.2, 0.25) is 0 Å². The molecule has 3 aliphatic rings. The first-order valence-electron chi connectivity index (χ1n) is 9.12. The van der Waals surface area contributed by atoms with E-state index in [4.69, 9.17) is 4.42 Å². The highest BCUT2D eigenvalue weighted by atomic mass is 16.4. The second-order valence-electron chi connectivity index (χ2n) is 9.06. The summed E-state index contributed by atoms with van der Waals surface area (Å²) in [5.41, 5.74) is 0.748. The topological polar surface area (TPSA) is 50.4 Å². The van der Waals surface area contributed by atoms with Crippen molar-refractivity contribution >= 4 is 5.97 Å². The summed E-state index contributed by atoms with van der Waals surface area (Å²) < 4.78 is 5.89. The summed E-state index contributed by atoms with van der Waals surface area (Å²) in [5.74, 6) is 1.01. The molecule has 23 heavy (non-hydrogen) atoms. The second kappa shape index (κ2) is 4.64. The first-order valence-corrected chi connectivity index (χ1v) is 9.12. The molecule has 3 heteroatoms. The zero-order valence-electron chi connectivity index (χ0n) is 14.5. The average molecular weight is 316 g/mol. The molecule has 0 radical (unpaired) electrons. The van der Waals surface area contributed by atoms with Crippen LogP contribution in [0.3, 0.4) is 0 Å². The van der Waals surface area contributed by atoms with Crippen LogP contribution in [0.25, 0.3) is 0 Å². The van der Waals surface area contributed by atoms with Gasteiger partial charge in [-0.3, -0.25) is 4.79 Å². The maximum Gasteiger partial charge on any atom is 0.310 e. The van der Waals surface area contributed by atoms with Gasteiger partial charge in [0.1, 0.15) is 5.76 Å². The number of hydrogen-bond acceptors (Lipinski definition) is 2. The number of aryl methyl sites for hydroxylation is 1. The van der Waals surface area contributed by atoms with Crippen LogP contribution in [0, 0.1) is 22.7 Å². The molecule has 4 atom stereocenters. The molecular weight excluding hydrogens is 288 g/mol. The molecule has 0 unspecified atom stereocenters. The molecule has 0 saturated heterocycles. The van der Waals surface area contributed by atoms with E-state index in [1.165, 1.54) is 5.56 Å². The smallest absolute Gasteiger partial charge is 0.310 e. The zero-order valence-corrected chi connectivity index (χ0v) is 14.5. The Morgan fingerprint density at radius 1 is 1.17 bits per heavy atom. The third kappa shape index (κ3) is 1.79. The highest BCUT2D eigenvalue weighted by molar-refractivity contribution is 5.77. The molecule has 4 rings (SSSR count). The largest absolute Gasteiger partial charge is 0.481 e. The van der Waals surface area contributed by atoms with Gasteiger partial charge < -0.3 is 9.52 Å². The van der Waals surface area contributed by atoms with E-state index in [1.807, 2.05) is 0 Å². The highest BCUT2D eigenvalue weighted by Gasteiger charge is 2.66. The van der Waals surface area contributed by atoms with E-state index >= 15 is 0 Å². The van der Waals surface area contributed by atoms with Crippen molar-refractivity contribution in [1.29, 1.82) is 0 Å². The van der Waals surface area contributed by atoms with Crippen LogP contribution in [0.5, 0.6) is 0 Å². The Labute approximate surface area is 138 Å². The third-order valence-electron chi connectivity index (χ3n) is 7.69. The summed E-state index contributed by atoms with van der Waals surface area (Å²) in [6.07, 6.45) is 8.84. The number of fused-ring (bicyclic) bond motifs is 5. The first kappa shape index (κ1) is 15.3. The van der Waals surface area contributed by atoms with E-state index in [2.05, 4.69) is 26.8 Å². The van der Waals surface area contributed by atoms with Gasteiger partial charge in [-0.05, 0) is 67.4 Å². The van der Waals surface area contributed by atoms with Gasteiger partial charge in [0, 0.05) is 5.41 Å². The van der Waals surface area contributed by atoms with E-state index in [9.17, 15) is 9.90 Å². The number of aliphatic carboxylic acids is 1. The summed E-state index contributed by atoms with van der Waals surface area (Å²) in [5, 5.41) is 10.4. The van der Waals surface area contributed by atoms with Crippen molar-refractivity contribution in [2.75, 3.05) is 0 Å². The summed E-state index contributed by atoms with van der Waals surface area (Å²) in [4.78, 5) is 12.6. The number of furan rings is 1. The monoisotopic (exact) mass is 316 g/mol. The fraction of sp³-hybridized carbons (Fsp3) is 0.750. The van der Waals surface area contributed by atoms with Gasteiger partial charge in [0.25, 0.3) is 0 Å². The summed E-state index contributed by atoms with van der Waals surface area (Å²) in [7, 11) is 0. The lowest BCUT2D eigenvalue weighted by Gasteiger charge is -2.62. The quantitative estimate of drug-likeness (QED) is 0.810. The van der Waals surface area contributed by atoms with Crippen molar-refractivity contribution in [2.24, 2.45) is 22.7 Å². The van der Waals surface area contributed by atoms with Crippen molar-refractivity contribution in [3.63, 3.8) is 0 Å². The number of hydrogen-bond donors (Lipinski definition) is 1. The minimum Gasteiger partial charge on any atom is -0.481 e. The Bertz CT molecular complexity index is 643. The molecule has 1 aromatic heterocycles. The lowest BCUT2D eigenvalue weighted by Crippen LogP contribution is -2.62. The number of carboxylic acids is 1. The fourth-order valence-corrected chi connectivity index (χ4v) is 6.72. The molecule has 3 aliphatic carbocycles. The Balaban J connectivity index is 1.87. The molecule has 2 fully saturated rings. The molecule has 0 spiro atoms. The molecule has 2 saturated carbocycles. The lowest BCUT2D eigenvalue weighted by atomic mass is 9.40. The molecule has 1 N–H and O–H groups in total. The van der Waals surface area contributed by atoms with Gasteiger partial charge in [0.2, 0.25) is 0 Å². The molecule has 126 valence electrons. The first-order chi connectivity index (χ1) is 10.8. The SMILES string of the molecule is CC1(C)CCC[C@]2(C(=O)O)[C@H]3CCc4ccoc4[C@]3(C)CC[C@@H]12. The third-order valence-corrected chi connectivity index (χ3v) is 7.69. The van der Waals surface area contributed by atoms with E-state index in [0.29, 0.717) is 0 Å². The van der Waals surface area contributed by atoms with Crippen molar-refractivity contribution in [3.05, 3.63) is 23.7 Å². The fourth-order valence-electron chi connectivity index (χ4n) is 6.72. The van der Waals surface area contributed by atoms with E-state index < -0.39 is 11.4 Å². The molecule has 0 amide bonds. The molecule has 1 aromatic rings. The van der Waals surface area contributed by atoms with Crippen LogP contribution >= 0.6 is 0 Å².